The van der Waals surface area contributed by atoms with Gasteiger partial charge in [0.05, 0.1) is 0 Å². The lowest BCUT2D eigenvalue weighted by atomic mass is 9.80. The highest BCUT2D eigenvalue weighted by Crippen LogP contribution is 2.36. The van der Waals surface area contributed by atoms with E-state index in [-0.39, 0.29) is 0 Å². The van der Waals surface area contributed by atoms with E-state index in [2.05, 4.69) is 74.5 Å². The minimum atomic E-state index is -1.83. The van der Waals surface area contributed by atoms with Crippen molar-refractivity contribution in [3.8, 4) is 0 Å². The molecule has 6 nitrogen and oxygen atoms in total. The molecule has 0 aliphatic carbocycles. The third-order valence-electron chi connectivity index (χ3n) is 6.17. The van der Waals surface area contributed by atoms with Crippen molar-refractivity contribution in [3.63, 3.8) is 0 Å². The minimum absolute atomic E-state index is 0.693. The topological polar surface area (TPSA) is 115 Å². The maximum Gasteiger partial charge on any atom is 0.503 e. The number of carboxylic acid groups (broad SMARTS) is 4. The second kappa shape index (κ2) is 22.4. The second-order valence-electron chi connectivity index (χ2n) is 9.07. The van der Waals surface area contributed by atoms with Crippen LogP contribution in [0.3, 0.4) is 0 Å². The number of hydrogen-bond donors (Lipinski definition) is 4. The molecule has 0 aliphatic heterocycles. The van der Waals surface area contributed by atoms with Crippen LogP contribution in [0.2, 0.25) is 0 Å². The van der Waals surface area contributed by atoms with E-state index < -0.39 is 12.3 Å². The van der Waals surface area contributed by atoms with Crippen LogP contribution in [0.15, 0.2) is 60.7 Å². The van der Waals surface area contributed by atoms with E-state index in [1.165, 1.54) is 77.0 Å². The van der Waals surface area contributed by atoms with Gasteiger partial charge in [0.15, 0.2) is 0 Å². The third-order valence-corrected chi connectivity index (χ3v) is 6.17. The molecule has 2 rings (SSSR count). The number of rotatable bonds is 15. The number of benzene rings is 2. The van der Waals surface area contributed by atoms with Gasteiger partial charge in [0.2, 0.25) is 0 Å². The normalized spacial score (nSPS) is 11.7. The molecule has 0 radical (unpaired) electrons. The fraction of sp³-hybridized carbons (Fsp3) is 0.533. The van der Waals surface area contributed by atoms with Gasteiger partial charge in [-0.05, 0) is 42.2 Å². The van der Waals surface area contributed by atoms with Gasteiger partial charge in [-0.15, -0.1) is 0 Å². The Bertz CT molecular complexity index is 759. The van der Waals surface area contributed by atoms with Gasteiger partial charge >= 0.3 is 12.3 Å². The number of hydrogen-bond acceptors (Lipinski definition) is 2. The van der Waals surface area contributed by atoms with Crippen molar-refractivity contribution in [2.24, 2.45) is 0 Å². The third kappa shape index (κ3) is 19.3. The quantitative estimate of drug-likeness (QED) is 0.180. The first-order valence-corrected chi connectivity index (χ1v) is 13.2. The van der Waals surface area contributed by atoms with Crippen molar-refractivity contribution in [2.45, 2.75) is 103 Å². The van der Waals surface area contributed by atoms with Crippen molar-refractivity contribution in [1.29, 1.82) is 0 Å². The molecule has 2 aromatic rings. The van der Waals surface area contributed by atoms with E-state index in [0.29, 0.717) is 11.8 Å². The lowest BCUT2D eigenvalue weighted by Crippen LogP contribution is -2.08. The predicted molar refractivity (Wildman–Crippen MR) is 146 cm³/mol. The van der Waals surface area contributed by atoms with E-state index in [0.717, 1.165) is 0 Å². The second-order valence-corrected chi connectivity index (χ2v) is 9.07. The van der Waals surface area contributed by atoms with E-state index in [4.69, 9.17) is 30.0 Å². The molecule has 2 unspecified atom stereocenters. The summed E-state index contributed by atoms with van der Waals surface area (Å²) in [7, 11) is 0. The van der Waals surface area contributed by atoms with Crippen LogP contribution in [0, 0.1) is 0 Å². The molecule has 2 atom stereocenters. The average molecular weight is 503 g/mol. The van der Waals surface area contributed by atoms with Crippen LogP contribution in [0.1, 0.15) is 114 Å². The number of unbranched alkanes of at least 4 members (excludes halogenated alkanes) is 7. The molecule has 0 saturated carbocycles. The van der Waals surface area contributed by atoms with Crippen molar-refractivity contribution in [3.05, 3.63) is 71.8 Å². The summed E-state index contributed by atoms with van der Waals surface area (Å²) in [4.78, 5) is 17.1. The van der Waals surface area contributed by atoms with Crippen molar-refractivity contribution in [2.75, 3.05) is 0 Å². The van der Waals surface area contributed by atoms with Crippen molar-refractivity contribution < 1.29 is 30.0 Å². The fourth-order valence-electron chi connectivity index (χ4n) is 4.45. The summed E-state index contributed by atoms with van der Waals surface area (Å²) in [6, 6.07) is 22.6. The first-order valence-electron chi connectivity index (χ1n) is 13.2. The summed E-state index contributed by atoms with van der Waals surface area (Å²) in [6.45, 7) is 4.61. The summed E-state index contributed by atoms with van der Waals surface area (Å²) in [6.07, 6.45) is 12.6. The van der Waals surface area contributed by atoms with Crippen LogP contribution in [-0.4, -0.2) is 32.7 Å². The van der Waals surface area contributed by atoms with Crippen LogP contribution in [-0.2, 0) is 0 Å². The maximum absolute atomic E-state index is 8.56. The largest absolute Gasteiger partial charge is 0.503 e. The molecule has 0 fully saturated rings. The van der Waals surface area contributed by atoms with Crippen molar-refractivity contribution in [1.82, 2.24) is 0 Å². The van der Waals surface area contributed by atoms with Crippen LogP contribution < -0.4 is 0 Å². The summed E-state index contributed by atoms with van der Waals surface area (Å²) < 4.78 is 0. The number of carbonyl (C=O) groups is 2. The van der Waals surface area contributed by atoms with Gasteiger partial charge in [0, 0.05) is 0 Å². The van der Waals surface area contributed by atoms with Gasteiger partial charge in [0.25, 0.3) is 0 Å². The maximum atomic E-state index is 8.56. The Kier molecular flexibility index (Phi) is 20.6. The standard InChI is InChI=1S/C28H42.2CH2O3/c1-3-5-7-9-13-23-28(26-20-16-11-17-21-26)24-27(22-12-8-6-4-2)25-18-14-10-15-19-25;2*2-1(3)4/h10-11,14-21,27-28H,3-9,12-13,22-24H2,1-2H3;2*(H2,2,3,4). The van der Waals surface area contributed by atoms with Gasteiger partial charge in [-0.1, -0.05) is 132 Å². The van der Waals surface area contributed by atoms with Gasteiger partial charge < -0.3 is 20.4 Å². The Hall–Kier alpha value is -3.02. The molecule has 6 heteroatoms. The molecule has 0 bridgehead atoms. The monoisotopic (exact) mass is 502 g/mol. The molecule has 36 heavy (non-hydrogen) atoms. The predicted octanol–water partition coefficient (Wildman–Crippen LogP) is 9.72. The Labute approximate surface area is 217 Å². The molecule has 4 N–H and O–H groups in total. The van der Waals surface area contributed by atoms with Crippen molar-refractivity contribution >= 4 is 12.3 Å². The van der Waals surface area contributed by atoms with Gasteiger partial charge in [-0.2, -0.15) is 0 Å². The molecule has 0 spiro atoms. The SMILES string of the molecule is CCCCCCCC(CC(CCCCCC)c1ccccc1)c1ccccc1.O=C(O)O.O=C(O)O. The Morgan fingerprint density at radius 3 is 1.19 bits per heavy atom. The van der Waals surface area contributed by atoms with Gasteiger partial charge in [-0.3, -0.25) is 0 Å². The van der Waals surface area contributed by atoms with E-state index >= 15 is 0 Å². The van der Waals surface area contributed by atoms with Crippen LogP contribution >= 0.6 is 0 Å². The molecular formula is C30H46O6. The summed E-state index contributed by atoms with van der Waals surface area (Å²) in [5.41, 5.74) is 3.10. The zero-order chi connectivity index (χ0) is 27.0. The van der Waals surface area contributed by atoms with E-state index in [1.807, 2.05) is 0 Å². The highest BCUT2D eigenvalue weighted by molar-refractivity contribution is 5.53. The van der Waals surface area contributed by atoms with Crippen LogP contribution in [0.4, 0.5) is 9.59 Å². The summed E-state index contributed by atoms with van der Waals surface area (Å²) in [5, 5.41) is 27.9. The average Bonchev–Trinajstić information content (AvgIpc) is 2.85. The van der Waals surface area contributed by atoms with Gasteiger partial charge in [0.1, 0.15) is 0 Å². The highest BCUT2D eigenvalue weighted by atomic mass is 16.6. The molecule has 0 heterocycles. The lowest BCUT2D eigenvalue weighted by Gasteiger charge is -2.25. The molecular weight excluding hydrogens is 456 g/mol. The van der Waals surface area contributed by atoms with Crippen LogP contribution in [0.5, 0.6) is 0 Å². The molecule has 2 aromatic carbocycles. The zero-order valence-corrected chi connectivity index (χ0v) is 22.0. The Balaban J connectivity index is 0.00000133. The molecule has 202 valence electrons. The molecule has 0 amide bonds. The zero-order valence-electron chi connectivity index (χ0n) is 22.0. The molecule has 0 aliphatic rings. The van der Waals surface area contributed by atoms with E-state index in [1.54, 1.807) is 11.1 Å². The highest BCUT2D eigenvalue weighted by Gasteiger charge is 2.19. The Morgan fingerprint density at radius 1 is 0.556 bits per heavy atom. The summed E-state index contributed by atoms with van der Waals surface area (Å²) in [5.74, 6) is 1.39. The van der Waals surface area contributed by atoms with E-state index in [9.17, 15) is 0 Å². The minimum Gasteiger partial charge on any atom is -0.450 e. The first kappa shape index (κ1) is 33.0. The molecule has 0 aromatic heterocycles. The fourth-order valence-corrected chi connectivity index (χ4v) is 4.45. The summed E-state index contributed by atoms with van der Waals surface area (Å²) >= 11 is 0. The Morgan fingerprint density at radius 2 is 0.861 bits per heavy atom. The first-order chi connectivity index (χ1) is 17.3. The van der Waals surface area contributed by atoms with Crippen LogP contribution in [0.25, 0.3) is 0 Å². The van der Waals surface area contributed by atoms with Gasteiger partial charge in [-0.25, -0.2) is 9.59 Å². The smallest absolute Gasteiger partial charge is 0.450 e. The lowest BCUT2D eigenvalue weighted by molar-refractivity contribution is 0.135. The molecule has 0 saturated heterocycles.